The molecule has 0 spiro atoms. The minimum absolute atomic E-state index is 0.104. The fraction of sp³-hybridized carbons (Fsp3) is 0.133. The van der Waals surface area contributed by atoms with Crippen molar-refractivity contribution in [2.24, 2.45) is 0 Å². The van der Waals surface area contributed by atoms with Crippen molar-refractivity contribution in [3.63, 3.8) is 0 Å². The van der Waals surface area contributed by atoms with Gasteiger partial charge in [0.05, 0.1) is 7.11 Å². The minimum Gasteiger partial charge on any atom is -0.494 e. The van der Waals surface area contributed by atoms with Crippen molar-refractivity contribution in [1.29, 1.82) is 0 Å². The molecule has 0 heterocycles. The maximum atomic E-state index is 13.7. The topological polar surface area (TPSA) is 52.3 Å². The van der Waals surface area contributed by atoms with E-state index >= 15 is 0 Å². The molecule has 0 atom stereocenters. The van der Waals surface area contributed by atoms with Crippen LogP contribution in [-0.4, -0.2) is 12.9 Å². The lowest BCUT2D eigenvalue weighted by atomic mass is 9.98. The summed E-state index contributed by atoms with van der Waals surface area (Å²) < 4.78 is 19.2. The Balaban J connectivity index is 2.49. The second-order valence-corrected chi connectivity index (χ2v) is 5.26. The van der Waals surface area contributed by atoms with Gasteiger partial charge in [0.2, 0.25) is 0 Å². The Kier molecular flexibility index (Phi) is 4.09. The lowest BCUT2D eigenvalue weighted by Crippen LogP contribution is -2.06. The summed E-state index contributed by atoms with van der Waals surface area (Å²) in [5.41, 5.74) is 7.72. The van der Waals surface area contributed by atoms with Crippen LogP contribution in [0.3, 0.4) is 0 Å². The van der Waals surface area contributed by atoms with E-state index in [1.807, 2.05) is 0 Å². The molecule has 2 aromatic carbocycles. The molecule has 20 heavy (non-hydrogen) atoms. The van der Waals surface area contributed by atoms with E-state index in [2.05, 4.69) is 15.9 Å². The van der Waals surface area contributed by atoms with Crippen molar-refractivity contribution in [3.05, 3.63) is 57.3 Å². The van der Waals surface area contributed by atoms with Crippen molar-refractivity contribution in [3.8, 4) is 5.75 Å². The van der Waals surface area contributed by atoms with Gasteiger partial charge >= 0.3 is 0 Å². The Labute approximate surface area is 124 Å². The van der Waals surface area contributed by atoms with Crippen LogP contribution in [0.1, 0.15) is 21.5 Å². The molecule has 5 heteroatoms. The van der Waals surface area contributed by atoms with E-state index in [1.165, 1.54) is 19.2 Å². The third-order valence-electron chi connectivity index (χ3n) is 3.07. The molecule has 0 radical (unpaired) electrons. The number of ketones is 1. The average molecular weight is 338 g/mol. The summed E-state index contributed by atoms with van der Waals surface area (Å²) in [4.78, 5) is 12.4. The van der Waals surface area contributed by atoms with Crippen molar-refractivity contribution in [2.45, 2.75) is 6.92 Å². The average Bonchev–Trinajstić information content (AvgIpc) is 2.42. The number of carbonyl (C=O) groups excluding carboxylic acids is 1. The highest BCUT2D eigenvalue weighted by atomic mass is 79.9. The zero-order chi connectivity index (χ0) is 14.9. The van der Waals surface area contributed by atoms with Gasteiger partial charge in [0.25, 0.3) is 0 Å². The maximum absolute atomic E-state index is 13.7. The van der Waals surface area contributed by atoms with E-state index in [9.17, 15) is 9.18 Å². The molecular weight excluding hydrogens is 325 g/mol. The molecule has 104 valence electrons. The zero-order valence-electron chi connectivity index (χ0n) is 11.0. The van der Waals surface area contributed by atoms with Crippen LogP contribution < -0.4 is 10.5 Å². The maximum Gasteiger partial charge on any atom is 0.193 e. The van der Waals surface area contributed by atoms with Crippen molar-refractivity contribution >= 4 is 27.4 Å². The second-order valence-electron chi connectivity index (χ2n) is 4.35. The number of halogens is 2. The summed E-state index contributed by atoms with van der Waals surface area (Å²) >= 11 is 3.30. The Morgan fingerprint density at radius 2 is 2.00 bits per heavy atom. The van der Waals surface area contributed by atoms with Crippen LogP contribution >= 0.6 is 15.9 Å². The highest BCUT2D eigenvalue weighted by Crippen LogP contribution is 2.26. The van der Waals surface area contributed by atoms with E-state index < -0.39 is 5.82 Å². The molecule has 0 saturated heterocycles. The smallest absolute Gasteiger partial charge is 0.193 e. The van der Waals surface area contributed by atoms with E-state index in [0.29, 0.717) is 21.3 Å². The van der Waals surface area contributed by atoms with Crippen LogP contribution in [0.25, 0.3) is 0 Å². The Bertz CT molecular complexity index is 686. The number of methoxy groups -OCH3 is 1. The third kappa shape index (κ3) is 2.67. The van der Waals surface area contributed by atoms with Crippen molar-refractivity contribution in [1.82, 2.24) is 0 Å². The molecule has 0 aliphatic rings. The van der Waals surface area contributed by atoms with Crippen LogP contribution in [-0.2, 0) is 0 Å². The van der Waals surface area contributed by atoms with Gasteiger partial charge in [-0.05, 0) is 42.8 Å². The normalized spacial score (nSPS) is 10.4. The quantitative estimate of drug-likeness (QED) is 0.686. The first-order chi connectivity index (χ1) is 9.43. The first-order valence-corrected chi connectivity index (χ1v) is 6.67. The summed E-state index contributed by atoms with van der Waals surface area (Å²) in [6.07, 6.45) is 0. The lowest BCUT2D eigenvalue weighted by molar-refractivity contribution is 0.103. The molecule has 2 aromatic rings. The van der Waals surface area contributed by atoms with Crippen LogP contribution in [0.5, 0.6) is 5.75 Å². The van der Waals surface area contributed by atoms with Gasteiger partial charge in [0, 0.05) is 21.3 Å². The molecule has 0 unspecified atom stereocenters. The first-order valence-electron chi connectivity index (χ1n) is 5.88. The monoisotopic (exact) mass is 337 g/mol. The number of benzene rings is 2. The van der Waals surface area contributed by atoms with Gasteiger partial charge in [0.15, 0.2) is 17.3 Å². The zero-order valence-corrected chi connectivity index (χ0v) is 12.6. The highest BCUT2D eigenvalue weighted by Gasteiger charge is 2.16. The highest BCUT2D eigenvalue weighted by molar-refractivity contribution is 9.10. The van der Waals surface area contributed by atoms with Crippen LogP contribution in [0.4, 0.5) is 10.1 Å². The molecule has 2 rings (SSSR count). The Morgan fingerprint density at radius 3 is 2.60 bits per heavy atom. The molecule has 0 aliphatic heterocycles. The molecule has 0 aliphatic carbocycles. The fourth-order valence-electron chi connectivity index (χ4n) is 1.90. The lowest BCUT2D eigenvalue weighted by Gasteiger charge is -2.10. The van der Waals surface area contributed by atoms with Crippen LogP contribution in [0, 0.1) is 12.7 Å². The predicted molar refractivity (Wildman–Crippen MR) is 79.7 cm³/mol. The van der Waals surface area contributed by atoms with Gasteiger partial charge in [-0.1, -0.05) is 15.9 Å². The predicted octanol–water partition coefficient (Wildman–Crippen LogP) is 3.72. The number of carbonyl (C=O) groups is 1. The van der Waals surface area contributed by atoms with Gasteiger partial charge in [-0.2, -0.15) is 0 Å². The van der Waals surface area contributed by atoms with Crippen molar-refractivity contribution in [2.75, 3.05) is 12.8 Å². The number of hydrogen-bond acceptors (Lipinski definition) is 3. The largest absolute Gasteiger partial charge is 0.494 e. The summed E-state index contributed by atoms with van der Waals surface area (Å²) in [6, 6.07) is 7.52. The van der Waals surface area contributed by atoms with Gasteiger partial charge in [0.1, 0.15) is 0 Å². The molecule has 3 nitrogen and oxygen atoms in total. The number of ether oxygens (including phenoxy) is 1. The SMILES string of the molecule is COc1ccc(C(=O)c2cc(Br)cc(N)c2C)cc1F. The Morgan fingerprint density at radius 1 is 1.30 bits per heavy atom. The molecule has 0 amide bonds. The van der Waals surface area contributed by atoms with Gasteiger partial charge in [-0.15, -0.1) is 0 Å². The van der Waals surface area contributed by atoms with E-state index in [1.54, 1.807) is 19.1 Å². The number of nitrogens with two attached hydrogens (primary N) is 1. The molecule has 0 aromatic heterocycles. The second kappa shape index (κ2) is 5.63. The Hall–Kier alpha value is -1.88. The van der Waals surface area contributed by atoms with Crippen LogP contribution in [0.15, 0.2) is 34.8 Å². The third-order valence-corrected chi connectivity index (χ3v) is 3.53. The number of hydrogen-bond donors (Lipinski definition) is 1. The number of rotatable bonds is 3. The summed E-state index contributed by atoms with van der Waals surface area (Å²) in [5.74, 6) is -0.747. The summed E-state index contributed by atoms with van der Waals surface area (Å²) in [6.45, 7) is 1.76. The van der Waals surface area contributed by atoms with Gasteiger partial charge in [-0.25, -0.2) is 4.39 Å². The number of nitrogen functional groups attached to an aromatic ring is 1. The van der Waals surface area contributed by atoms with Gasteiger partial charge in [-0.3, -0.25) is 4.79 Å². The number of anilines is 1. The molecule has 2 N–H and O–H groups in total. The summed E-state index contributed by atoms with van der Waals surface area (Å²) in [5, 5.41) is 0. The van der Waals surface area contributed by atoms with Crippen molar-refractivity contribution < 1.29 is 13.9 Å². The molecule has 0 bridgehead atoms. The van der Waals surface area contributed by atoms with E-state index in [4.69, 9.17) is 10.5 Å². The summed E-state index contributed by atoms with van der Waals surface area (Å²) in [7, 11) is 1.37. The van der Waals surface area contributed by atoms with E-state index in [0.717, 1.165) is 6.07 Å². The van der Waals surface area contributed by atoms with Crippen LogP contribution in [0.2, 0.25) is 0 Å². The first kappa shape index (κ1) is 14.5. The fourth-order valence-corrected chi connectivity index (χ4v) is 2.37. The molecule has 0 saturated carbocycles. The molecule has 0 fully saturated rings. The standard InChI is InChI=1S/C15H13BrFNO2/c1-8-11(6-10(16)7-13(8)18)15(19)9-3-4-14(20-2)12(17)5-9/h3-7H,18H2,1-2H3. The minimum atomic E-state index is -0.570. The van der Waals surface area contributed by atoms with E-state index in [-0.39, 0.29) is 17.1 Å². The van der Waals surface area contributed by atoms with Gasteiger partial charge < -0.3 is 10.5 Å². The molecular formula is C15H13BrFNO2.